The van der Waals surface area contributed by atoms with Gasteiger partial charge >= 0.3 is 0 Å². The lowest BCUT2D eigenvalue weighted by Gasteiger charge is -1.86. The highest BCUT2D eigenvalue weighted by molar-refractivity contribution is 6.06. The first-order chi connectivity index (χ1) is 6.45. The largest absolute Gasteiger partial charge is 0.348 e. The van der Waals surface area contributed by atoms with Gasteiger partial charge in [0, 0.05) is 16.3 Å². The first-order valence-electron chi connectivity index (χ1n) is 4.24. The molecule has 0 aliphatic heterocycles. The number of hydrogen-bond acceptors (Lipinski definition) is 0. The molecule has 0 atom stereocenters. The Labute approximate surface area is 76.0 Å². The van der Waals surface area contributed by atoms with Gasteiger partial charge in [-0.1, -0.05) is 24.3 Å². The van der Waals surface area contributed by atoms with E-state index in [1.807, 2.05) is 18.2 Å². The monoisotopic (exact) mass is 165 g/mol. The fourth-order valence-electron chi connectivity index (χ4n) is 1.67. The molecule has 0 bridgehead atoms. The van der Waals surface area contributed by atoms with Gasteiger partial charge in [0.1, 0.15) is 0 Å². The maximum absolute atomic E-state index is 3.29. The third-order valence-electron chi connectivity index (χ3n) is 2.28. The van der Waals surface area contributed by atoms with Gasteiger partial charge in [-0.25, -0.2) is 0 Å². The van der Waals surface area contributed by atoms with Crippen molar-refractivity contribution in [3.63, 3.8) is 0 Å². The average molecular weight is 165 g/mol. The minimum atomic E-state index is 1.03. The number of H-pyrrole nitrogens is 1. The van der Waals surface area contributed by atoms with E-state index in [1.165, 1.54) is 10.8 Å². The minimum absolute atomic E-state index is 1.03. The van der Waals surface area contributed by atoms with Crippen LogP contribution in [0.4, 0.5) is 0 Å². The molecule has 0 amide bonds. The van der Waals surface area contributed by atoms with Crippen molar-refractivity contribution in [3.8, 4) is 0 Å². The summed E-state index contributed by atoms with van der Waals surface area (Å²) in [7, 11) is 0. The Morgan fingerprint density at radius 2 is 1.92 bits per heavy atom. The molecule has 60 valence electrons. The van der Waals surface area contributed by atoms with E-state index in [-0.39, 0.29) is 0 Å². The van der Waals surface area contributed by atoms with E-state index in [1.54, 1.807) is 0 Å². The van der Waals surface area contributed by atoms with Crippen LogP contribution in [0, 0.1) is 12.1 Å². The quantitative estimate of drug-likeness (QED) is 0.527. The summed E-state index contributed by atoms with van der Waals surface area (Å²) in [6.07, 6.45) is 0. The van der Waals surface area contributed by atoms with Crippen LogP contribution in [0.15, 0.2) is 36.4 Å². The number of rotatable bonds is 0. The second-order valence-corrected chi connectivity index (χ2v) is 3.06. The van der Waals surface area contributed by atoms with Crippen LogP contribution in [0.1, 0.15) is 0 Å². The van der Waals surface area contributed by atoms with Crippen LogP contribution < -0.4 is 0 Å². The van der Waals surface area contributed by atoms with Gasteiger partial charge in [-0.15, -0.1) is 0 Å². The molecule has 1 heteroatoms. The predicted octanol–water partition coefficient (Wildman–Crippen LogP) is 2.92. The van der Waals surface area contributed by atoms with E-state index in [2.05, 4.69) is 35.3 Å². The van der Waals surface area contributed by atoms with Crippen molar-refractivity contribution >= 4 is 21.8 Å². The first kappa shape index (κ1) is 6.56. The molecule has 0 aliphatic rings. The van der Waals surface area contributed by atoms with E-state index in [0.29, 0.717) is 0 Å². The third-order valence-corrected chi connectivity index (χ3v) is 2.28. The second kappa shape index (κ2) is 2.27. The zero-order chi connectivity index (χ0) is 8.67. The molecule has 3 rings (SSSR count). The smallest absolute Gasteiger partial charge is 0.0981 e. The van der Waals surface area contributed by atoms with Gasteiger partial charge in [0.2, 0.25) is 0 Å². The Kier molecular flexibility index (Phi) is 1.15. The highest BCUT2D eigenvalue weighted by Gasteiger charge is 2.00. The Hall–Kier alpha value is -1.94. The summed E-state index contributed by atoms with van der Waals surface area (Å²) in [4.78, 5) is 3.29. The van der Waals surface area contributed by atoms with Gasteiger partial charge in [-0.3, -0.25) is 0 Å². The van der Waals surface area contributed by atoms with Gasteiger partial charge in [-0.2, -0.15) is 0 Å². The standard InChI is InChI=1S/C12H7N/c1-3-7-11-9(5-1)10-6-2-4-8-12(10)13-11/h1-3,5-7,13H. The SMILES string of the molecule is c1ccc2c(c#1)[nH]c1ccccc12. The van der Waals surface area contributed by atoms with Gasteiger partial charge < -0.3 is 4.98 Å². The second-order valence-electron chi connectivity index (χ2n) is 3.06. The molecule has 0 fully saturated rings. The zero-order valence-corrected chi connectivity index (χ0v) is 6.96. The number of para-hydroxylation sites is 1. The normalized spacial score (nSPS) is 10.5. The average Bonchev–Trinajstić information content (AvgIpc) is 2.56. The Balaban J connectivity index is 2.64. The van der Waals surface area contributed by atoms with Crippen molar-refractivity contribution in [2.24, 2.45) is 0 Å². The highest BCUT2D eigenvalue weighted by Crippen LogP contribution is 2.22. The molecule has 0 radical (unpaired) electrons. The molecular weight excluding hydrogens is 158 g/mol. The van der Waals surface area contributed by atoms with E-state index in [9.17, 15) is 0 Å². The number of hydrogen-bond donors (Lipinski definition) is 1. The van der Waals surface area contributed by atoms with Crippen LogP contribution in [-0.2, 0) is 0 Å². The zero-order valence-electron chi connectivity index (χ0n) is 6.96. The van der Waals surface area contributed by atoms with E-state index in [0.717, 1.165) is 11.0 Å². The summed E-state index contributed by atoms with van der Waals surface area (Å²) in [5.74, 6) is 0. The summed E-state index contributed by atoms with van der Waals surface area (Å²) in [6, 6.07) is 18.2. The van der Waals surface area contributed by atoms with Crippen LogP contribution in [-0.4, -0.2) is 4.98 Å². The van der Waals surface area contributed by atoms with Gasteiger partial charge in [0.25, 0.3) is 0 Å². The molecule has 3 aromatic rings. The van der Waals surface area contributed by atoms with Crippen molar-refractivity contribution < 1.29 is 0 Å². The molecule has 0 aliphatic carbocycles. The number of fused-ring (bicyclic) bond motifs is 3. The van der Waals surface area contributed by atoms with Crippen molar-refractivity contribution in [1.82, 2.24) is 4.98 Å². The van der Waals surface area contributed by atoms with Crippen molar-refractivity contribution in [2.45, 2.75) is 0 Å². The van der Waals surface area contributed by atoms with Crippen LogP contribution in [0.3, 0.4) is 0 Å². The van der Waals surface area contributed by atoms with Crippen molar-refractivity contribution in [1.29, 1.82) is 0 Å². The molecule has 0 unspecified atom stereocenters. The molecule has 1 N–H and O–H groups in total. The maximum Gasteiger partial charge on any atom is 0.0981 e. The molecule has 0 saturated heterocycles. The van der Waals surface area contributed by atoms with Crippen LogP contribution in [0.5, 0.6) is 0 Å². The van der Waals surface area contributed by atoms with Crippen molar-refractivity contribution in [2.75, 3.05) is 0 Å². The Bertz CT molecular complexity index is 513. The van der Waals surface area contributed by atoms with Crippen LogP contribution in [0.2, 0.25) is 0 Å². The van der Waals surface area contributed by atoms with Gasteiger partial charge in [0.15, 0.2) is 0 Å². The van der Waals surface area contributed by atoms with E-state index < -0.39 is 0 Å². The third kappa shape index (κ3) is 0.830. The first-order valence-corrected chi connectivity index (χ1v) is 4.24. The lowest BCUT2D eigenvalue weighted by molar-refractivity contribution is 1.55. The Morgan fingerprint density at radius 1 is 1.00 bits per heavy atom. The molecule has 1 aromatic heterocycles. The molecule has 2 aromatic carbocycles. The maximum atomic E-state index is 3.29. The van der Waals surface area contributed by atoms with Gasteiger partial charge in [-0.05, 0) is 24.3 Å². The van der Waals surface area contributed by atoms with E-state index >= 15 is 0 Å². The van der Waals surface area contributed by atoms with Crippen LogP contribution in [0.25, 0.3) is 21.8 Å². The number of aromatic amines is 1. The predicted molar refractivity (Wildman–Crippen MR) is 53.5 cm³/mol. The molecule has 0 spiro atoms. The molecule has 13 heavy (non-hydrogen) atoms. The number of nitrogens with one attached hydrogen (secondary N) is 1. The minimum Gasteiger partial charge on any atom is -0.348 e. The Morgan fingerprint density at radius 3 is 2.92 bits per heavy atom. The summed E-state index contributed by atoms with van der Waals surface area (Å²) >= 11 is 0. The summed E-state index contributed by atoms with van der Waals surface area (Å²) in [5, 5.41) is 2.47. The molecule has 0 saturated carbocycles. The number of benzene rings is 1. The summed E-state index contributed by atoms with van der Waals surface area (Å²) in [5.41, 5.74) is 2.19. The van der Waals surface area contributed by atoms with Crippen molar-refractivity contribution in [3.05, 3.63) is 48.5 Å². The van der Waals surface area contributed by atoms with E-state index in [4.69, 9.17) is 0 Å². The fraction of sp³-hybridized carbons (Fsp3) is 0. The summed E-state index contributed by atoms with van der Waals surface area (Å²) in [6.45, 7) is 0. The number of aromatic nitrogens is 1. The lowest BCUT2D eigenvalue weighted by Crippen LogP contribution is -1.62. The molecular formula is C12H7N. The molecule has 1 heterocycles. The van der Waals surface area contributed by atoms with Crippen LogP contribution >= 0.6 is 0 Å². The lowest BCUT2D eigenvalue weighted by atomic mass is 10.2. The fourth-order valence-corrected chi connectivity index (χ4v) is 1.67. The molecule has 1 nitrogen and oxygen atoms in total. The topological polar surface area (TPSA) is 15.8 Å². The highest BCUT2D eigenvalue weighted by atomic mass is 14.7. The summed E-state index contributed by atoms with van der Waals surface area (Å²) < 4.78 is 0. The van der Waals surface area contributed by atoms with Gasteiger partial charge in [0.05, 0.1) is 5.52 Å².